The third kappa shape index (κ3) is 2.18. The molecule has 2 nitrogen and oxygen atoms in total. The average Bonchev–Trinajstić information content (AvgIpc) is 2.33. The van der Waals surface area contributed by atoms with Crippen molar-refractivity contribution in [3.8, 4) is 0 Å². The Balaban J connectivity index is 2.82. The molecule has 0 saturated heterocycles. The largest absolute Gasteiger partial charge is 0.345 e. The summed E-state index contributed by atoms with van der Waals surface area (Å²) < 4.78 is 0.521. The fraction of sp³-hybridized carbons (Fsp3) is 0.625. The quantitative estimate of drug-likeness (QED) is 0.645. The molecule has 1 N–H and O–H groups in total. The van der Waals surface area contributed by atoms with Crippen LogP contribution in [0.3, 0.4) is 0 Å². The lowest BCUT2D eigenvalue weighted by atomic mass is 10.2. The second-order valence-corrected chi connectivity index (χ2v) is 4.86. The van der Waals surface area contributed by atoms with Gasteiger partial charge in [-0.25, -0.2) is 4.98 Å². The third-order valence-electron chi connectivity index (χ3n) is 1.59. The van der Waals surface area contributed by atoms with E-state index >= 15 is 0 Å². The molecule has 11 heavy (non-hydrogen) atoms. The molecule has 0 aromatic carbocycles. The van der Waals surface area contributed by atoms with Crippen LogP contribution >= 0.6 is 22.6 Å². The standard InChI is InChI=1S/C8H13IN2/c1-5(2)8-10-4-7(11-8)6(3)9/h4-6H,1-3H3,(H,10,11). The van der Waals surface area contributed by atoms with Gasteiger partial charge in [0, 0.05) is 21.7 Å². The van der Waals surface area contributed by atoms with Crippen molar-refractivity contribution in [3.63, 3.8) is 0 Å². The van der Waals surface area contributed by atoms with E-state index in [9.17, 15) is 0 Å². The van der Waals surface area contributed by atoms with Gasteiger partial charge in [-0.05, 0) is 6.92 Å². The van der Waals surface area contributed by atoms with E-state index in [4.69, 9.17) is 0 Å². The van der Waals surface area contributed by atoms with Crippen molar-refractivity contribution in [1.82, 2.24) is 9.97 Å². The molecule has 0 radical (unpaired) electrons. The van der Waals surface area contributed by atoms with Crippen LogP contribution in [0.25, 0.3) is 0 Å². The molecule has 3 heteroatoms. The van der Waals surface area contributed by atoms with E-state index in [1.165, 1.54) is 5.69 Å². The van der Waals surface area contributed by atoms with Crippen molar-refractivity contribution in [2.24, 2.45) is 0 Å². The van der Waals surface area contributed by atoms with Crippen molar-refractivity contribution < 1.29 is 0 Å². The fourth-order valence-electron chi connectivity index (χ4n) is 0.847. The summed E-state index contributed by atoms with van der Waals surface area (Å²) in [6.45, 7) is 6.43. The molecular weight excluding hydrogens is 251 g/mol. The first kappa shape index (κ1) is 9.03. The van der Waals surface area contributed by atoms with Gasteiger partial charge >= 0.3 is 0 Å². The minimum atomic E-state index is 0.499. The zero-order valence-corrected chi connectivity index (χ0v) is 9.21. The highest BCUT2D eigenvalue weighted by Crippen LogP contribution is 2.21. The first-order valence-corrected chi connectivity index (χ1v) is 5.04. The molecule has 1 aromatic heterocycles. The summed E-state index contributed by atoms with van der Waals surface area (Å²) in [4.78, 5) is 7.57. The Morgan fingerprint density at radius 2 is 2.09 bits per heavy atom. The van der Waals surface area contributed by atoms with Gasteiger partial charge in [0.2, 0.25) is 0 Å². The molecule has 0 amide bonds. The Bertz CT molecular complexity index is 205. The zero-order valence-electron chi connectivity index (χ0n) is 7.06. The third-order valence-corrected chi connectivity index (χ3v) is 2.26. The van der Waals surface area contributed by atoms with Gasteiger partial charge in [0.05, 0.1) is 0 Å². The molecule has 1 aromatic rings. The van der Waals surface area contributed by atoms with E-state index in [2.05, 4.69) is 53.3 Å². The van der Waals surface area contributed by atoms with Gasteiger partial charge < -0.3 is 4.98 Å². The fourth-order valence-corrected chi connectivity index (χ4v) is 1.16. The van der Waals surface area contributed by atoms with Crippen LogP contribution in [0.1, 0.15) is 42.1 Å². The predicted octanol–water partition coefficient (Wildman–Crippen LogP) is 3.03. The molecule has 0 bridgehead atoms. The Morgan fingerprint density at radius 3 is 2.36 bits per heavy atom. The maximum absolute atomic E-state index is 4.28. The molecule has 0 aliphatic heterocycles. The number of alkyl halides is 1. The first-order chi connectivity index (χ1) is 5.11. The van der Waals surface area contributed by atoms with Crippen LogP contribution in [0.4, 0.5) is 0 Å². The number of nitrogens with one attached hydrogen (secondary N) is 1. The van der Waals surface area contributed by atoms with Crippen molar-refractivity contribution in [1.29, 1.82) is 0 Å². The molecule has 1 unspecified atom stereocenters. The van der Waals surface area contributed by atoms with Crippen molar-refractivity contribution in [2.45, 2.75) is 30.6 Å². The summed E-state index contributed by atoms with van der Waals surface area (Å²) in [5.74, 6) is 1.59. The number of imidazole rings is 1. The summed E-state index contributed by atoms with van der Waals surface area (Å²) in [5.41, 5.74) is 1.22. The van der Waals surface area contributed by atoms with Crippen LogP contribution in [0.5, 0.6) is 0 Å². The highest BCUT2D eigenvalue weighted by Gasteiger charge is 2.06. The summed E-state index contributed by atoms with van der Waals surface area (Å²) in [5, 5.41) is 0. The van der Waals surface area contributed by atoms with Gasteiger partial charge in [0.25, 0.3) is 0 Å². The summed E-state index contributed by atoms with van der Waals surface area (Å²) in [6.07, 6.45) is 1.92. The van der Waals surface area contributed by atoms with Crippen LogP contribution in [0, 0.1) is 0 Å². The molecule has 0 spiro atoms. The van der Waals surface area contributed by atoms with Crippen LogP contribution in [0.2, 0.25) is 0 Å². The second kappa shape index (κ2) is 3.56. The Kier molecular flexibility index (Phi) is 2.92. The molecular formula is C8H13IN2. The number of hydrogen-bond acceptors (Lipinski definition) is 1. The van der Waals surface area contributed by atoms with Crippen LogP contribution < -0.4 is 0 Å². The minimum absolute atomic E-state index is 0.499. The minimum Gasteiger partial charge on any atom is -0.345 e. The van der Waals surface area contributed by atoms with Crippen LogP contribution in [-0.4, -0.2) is 9.97 Å². The molecule has 0 saturated carbocycles. The maximum Gasteiger partial charge on any atom is 0.108 e. The lowest BCUT2D eigenvalue weighted by Gasteiger charge is -1.99. The van der Waals surface area contributed by atoms with E-state index < -0.39 is 0 Å². The van der Waals surface area contributed by atoms with Gasteiger partial charge in [-0.1, -0.05) is 36.4 Å². The van der Waals surface area contributed by atoms with Crippen molar-refractivity contribution in [2.75, 3.05) is 0 Å². The Labute approximate surface area is 80.9 Å². The molecule has 1 heterocycles. The zero-order chi connectivity index (χ0) is 8.43. The Hall–Kier alpha value is -0.0600. The molecule has 0 aliphatic rings. The van der Waals surface area contributed by atoms with Crippen molar-refractivity contribution >= 4 is 22.6 Å². The van der Waals surface area contributed by atoms with E-state index in [1.807, 2.05) is 6.20 Å². The number of hydrogen-bond donors (Lipinski definition) is 1. The number of halogens is 1. The van der Waals surface area contributed by atoms with Crippen LogP contribution in [-0.2, 0) is 0 Å². The van der Waals surface area contributed by atoms with E-state index in [-0.39, 0.29) is 0 Å². The van der Waals surface area contributed by atoms with E-state index in [0.717, 1.165) is 5.82 Å². The molecule has 1 rings (SSSR count). The topological polar surface area (TPSA) is 28.7 Å². The molecule has 0 fully saturated rings. The van der Waals surface area contributed by atoms with Gasteiger partial charge in [-0.3, -0.25) is 0 Å². The number of aromatic nitrogens is 2. The average molecular weight is 264 g/mol. The van der Waals surface area contributed by atoms with E-state index in [0.29, 0.717) is 9.84 Å². The lowest BCUT2D eigenvalue weighted by Crippen LogP contribution is -1.90. The molecule has 1 atom stereocenters. The SMILES string of the molecule is CC(C)c1ncc(C(C)I)[nH]1. The normalized spacial score (nSPS) is 13.9. The summed E-state index contributed by atoms with van der Waals surface area (Å²) in [7, 11) is 0. The molecule has 0 aliphatic carbocycles. The molecule has 62 valence electrons. The van der Waals surface area contributed by atoms with Crippen LogP contribution in [0.15, 0.2) is 6.20 Å². The number of aromatic amines is 1. The van der Waals surface area contributed by atoms with Crippen molar-refractivity contribution in [3.05, 3.63) is 17.7 Å². The summed E-state index contributed by atoms with van der Waals surface area (Å²) in [6, 6.07) is 0. The summed E-state index contributed by atoms with van der Waals surface area (Å²) >= 11 is 2.37. The highest BCUT2D eigenvalue weighted by molar-refractivity contribution is 14.1. The highest BCUT2D eigenvalue weighted by atomic mass is 127. The first-order valence-electron chi connectivity index (χ1n) is 3.80. The lowest BCUT2D eigenvalue weighted by molar-refractivity contribution is 0.789. The van der Waals surface area contributed by atoms with Gasteiger partial charge in [-0.15, -0.1) is 0 Å². The Morgan fingerprint density at radius 1 is 1.45 bits per heavy atom. The van der Waals surface area contributed by atoms with Gasteiger partial charge in [-0.2, -0.15) is 0 Å². The maximum atomic E-state index is 4.28. The number of nitrogens with zero attached hydrogens (tertiary/aromatic N) is 1. The number of rotatable bonds is 2. The van der Waals surface area contributed by atoms with Gasteiger partial charge in [0.1, 0.15) is 5.82 Å². The van der Waals surface area contributed by atoms with Gasteiger partial charge in [0.15, 0.2) is 0 Å². The monoisotopic (exact) mass is 264 g/mol. The number of H-pyrrole nitrogens is 1. The smallest absolute Gasteiger partial charge is 0.108 e. The predicted molar refractivity (Wildman–Crippen MR) is 55.1 cm³/mol. The van der Waals surface area contributed by atoms with E-state index in [1.54, 1.807) is 0 Å². The second-order valence-electron chi connectivity index (χ2n) is 2.99.